The molecule has 0 amide bonds. The van der Waals surface area contributed by atoms with E-state index in [0.717, 1.165) is 30.1 Å². The highest BCUT2D eigenvalue weighted by molar-refractivity contribution is 9.09. The molecule has 1 aromatic rings. The van der Waals surface area contributed by atoms with E-state index in [-0.39, 0.29) is 0 Å². The van der Waals surface area contributed by atoms with Crippen LogP contribution in [0.3, 0.4) is 0 Å². The fraction of sp³-hybridized carbons (Fsp3) is 0.684. The molecule has 3 rings (SSSR count). The minimum absolute atomic E-state index is 0.510. The first kappa shape index (κ1) is 15.4. The molecule has 21 heavy (non-hydrogen) atoms. The highest BCUT2D eigenvalue weighted by Crippen LogP contribution is 2.48. The Morgan fingerprint density at radius 2 is 1.76 bits per heavy atom. The van der Waals surface area contributed by atoms with E-state index in [9.17, 15) is 0 Å². The summed E-state index contributed by atoms with van der Waals surface area (Å²) in [5.41, 5.74) is 1.41. The van der Waals surface area contributed by atoms with Crippen molar-refractivity contribution in [3.63, 3.8) is 0 Å². The van der Waals surface area contributed by atoms with Crippen molar-refractivity contribution in [3.8, 4) is 5.75 Å². The molecule has 2 aliphatic rings. The lowest BCUT2D eigenvalue weighted by Crippen LogP contribution is -2.29. The van der Waals surface area contributed by atoms with Crippen LogP contribution in [0.2, 0.25) is 0 Å². The summed E-state index contributed by atoms with van der Waals surface area (Å²) in [4.78, 5) is 0.510. The predicted molar refractivity (Wildman–Crippen MR) is 92.1 cm³/mol. The van der Waals surface area contributed by atoms with Gasteiger partial charge in [-0.3, -0.25) is 0 Å². The lowest BCUT2D eigenvalue weighted by atomic mass is 9.66. The second-order valence-electron chi connectivity index (χ2n) is 6.78. The summed E-state index contributed by atoms with van der Waals surface area (Å²) in [6.45, 7) is 2.77. The van der Waals surface area contributed by atoms with Crippen LogP contribution in [0.1, 0.15) is 62.3 Å². The SMILES string of the molecule is CCOc1ccc(C(Br)C2CCC3CCCCC3C2)cc1. The van der Waals surface area contributed by atoms with Gasteiger partial charge in [-0.25, -0.2) is 0 Å². The van der Waals surface area contributed by atoms with Crippen LogP contribution in [0.25, 0.3) is 0 Å². The van der Waals surface area contributed by atoms with Gasteiger partial charge in [-0.1, -0.05) is 53.7 Å². The Kier molecular flexibility index (Phi) is 5.26. The van der Waals surface area contributed by atoms with Crippen molar-refractivity contribution in [2.24, 2.45) is 17.8 Å². The minimum Gasteiger partial charge on any atom is -0.494 e. The van der Waals surface area contributed by atoms with Gasteiger partial charge in [0, 0.05) is 4.83 Å². The number of halogens is 1. The molecule has 0 spiro atoms. The molecule has 0 heterocycles. The van der Waals surface area contributed by atoms with Gasteiger partial charge in [-0.2, -0.15) is 0 Å². The molecule has 0 bridgehead atoms. The third-order valence-corrected chi connectivity index (χ3v) is 6.78. The smallest absolute Gasteiger partial charge is 0.119 e. The zero-order chi connectivity index (χ0) is 14.7. The number of fused-ring (bicyclic) bond motifs is 1. The lowest BCUT2D eigenvalue weighted by molar-refractivity contribution is 0.129. The maximum Gasteiger partial charge on any atom is 0.119 e. The van der Waals surface area contributed by atoms with Crippen molar-refractivity contribution in [2.45, 2.75) is 56.7 Å². The largest absolute Gasteiger partial charge is 0.494 e. The van der Waals surface area contributed by atoms with E-state index in [1.807, 2.05) is 6.92 Å². The Morgan fingerprint density at radius 3 is 2.48 bits per heavy atom. The first-order valence-electron chi connectivity index (χ1n) is 8.64. The molecular weight excluding hydrogens is 324 g/mol. The molecule has 0 radical (unpaired) electrons. The Labute approximate surface area is 137 Å². The van der Waals surface area contributed by atoms with E-state index in [2.05, 4.69) is 40.2 Å². The molecule has 0 aromatic heterocycles. The quantitative estimate of drug-likeness (QED) is 0.593. The summed E-state index contributed by atoms with van der Waals surface area (Å²) in [7, 11) is 0. The molecule has 1 nitrogen and oxygen atoms in total. The van der Waals surface area contributed by atoms with E-state index in [1.54, 1.807) is 0 Å². The van der Waals surface area contributed by atoms with Crippen molar-refractivity contribution in [2.75, 3.05) is 6.61 Å². The van der Waals surface area contributed by atoms with Crippen LogP contribution in [0.4, 0.5) is 0 Å². The van der Waals surface area contributed by atoms with Gasteiger partial charge in [0.25, 0.3) is 0 Å². The standard InChI is InChI=1S/C19H27BrO/c1-2-21-18-11-9-15(10-12-18)19(20)17-8-7-14-5-3-4-6-16(14)13-17/h9-12,14,16-17,19H,2-8,13H2,1H3. The van der Waals surface area contributed by atoms with Crippen molar-refractivity contribution >= 4 is 15.9 Å². The monoisotopic (exact) mass is 350 g/mol. The number of hydrogen-bond acceptors (Lipinski definition) is 1. The van der Waals surface area contributed by atoms with Gasteiger partial charge >= 0.3 is 0 Å². The highest BCUT2D eigenvalue weighted by atomic mass is 79.9. The van der Waals surface area contributed by atoms with Gasteiger partial charge in [0.05, 0.1) is 6.61 Å². The molecule has 4 unspecified atom stereocenters. The number of alkyl halides is 1. The predicted octanol–water partition coefficient (Wildman–Crippen LogP) is 6.13. The number of benzene rings is 1. The van der Waals surface area contributed by atoms with Gasteiger partial charge in [0.2, 0.25) is 0 Å². The zero-order valence-corrected chi connectivity index (χ0v) is 14.6. The molecular formula is C19H27BrO. The Hall–Kier alpha value is -0.500. The fourth-order valence-corrected chi connectivity index (χ4v) is 5.15. The second-order valence-corrected chi connectivity index (χ2v) is 7.77. The summed E-state index contributed by atoms with van der Waals surface area (Å²) in [6, 6.07) is 8.69. The summed E-state index contributed by atoms with van der Waals surface area (Å²) in [5, 5.41) is 0. The molecule has 2 fully saturated rings. The van der Waals surface area contributed by atoms with Crippen LogP contribution in [-0.4, -0.2) is 6.61 Å². The average Bonchev–Trinajstić information content (AvgIpc) is 2.55. The molecule has 2 saturated carbocycles. The maximum atomic E-state index is 5.54. The van der Waals surface area contributed by atoms with E-state index in [0.29, 0.717) is 4.83 Å². The number of ether oxygens (including phenoxy) is 1. The molecule has 2 heteroatoms. The van der Waals surface area contributed by atoms with Crippen LogP contribution in [-0.2, 0) is 0 Å². The van der Waals surface area contributed by atoms with Gasteiger partial charge < -0.3 is 4.74 Å². The summed E-state index contributed by atoms with van der Waals surface area (Å²) in [6.07, 6.45) is 10.2. The normalized spacial score (nSPS) is 30.5. The van der Waals surface area contributed by atoms with Gasteiger partial charge in [-0.15, -0.1) is 0 Å². The van der Waals surface area contributed by atoms with Gasteiger partial charge in [0.1, 0.15) is 5.75 Å². The van der Waals surface area contributed by atoms with Gasteiger partial charge in [-0.05, 0) is 61.6 Å². The lowest BCUT2D eigenvalue weighted by Gasteiger charge is -2.41. The topological polar surface area (TPSA) is 9.23 Å². The molecule has 2 aliphatic carbocycles. The van der Waals surface area contributed by atoms with E-state index in [4.69, 9.17) is 4.74 Å². The molecule has 0 aliphatic heterocycles. The van der Waals surface area contributed by atoms with E-state index in [1.165, 1.54) is 50.5 Å². The number of hydrogen-bond donors (Lipinski definition) is 0. The minimum atomic E-state index is 0.510. The fourth-order valence-electron chi connectivity index (χ4n) is 4.36. The van der Waals surface area contributed by atoms with Crippen LogP contribution in [0.15, 0.2) is 24.3 Å². The van der Waals surface area contributed by atoms with Crippen molar-refractivity contribution in [1.82, 2.24) is 0 Å². The van der Waals surface area contributed by atoms with Gasteiger partial charge in [0.15, 0.2) is 0 Å². The first-order valence-corrected chi connectivity index (χ1v) is 9.56. The van der Waals surface area contributed by atoms with Crippen LogP contribution < -0.4 is 4.74 Å². The summed E-state index contributed by atoms with van der Waals surface area (Å²) < 4.78 is 5.54. The zero-order valence-electron chi connectivity index (χ0n) is 13.1. The van der Waals surface area contributed by atoms with E-state index >= 15 is 0 Å². The molecule has 4 atom stereocenters. The van der Waals surface area contributed by atoms with Crippen LogP contribution >= 0.6 is 15.9 Å². The van der Waals surface area contributed by atoms with Crippen molar-refractivity contribution in [1.29, 1.82) is 0 Å². The maximum absolute atomic E-state index is 5.54. The van der Waals surface area contributed by atoms with Crippen molar-refractivity contribution < 1.29 is 4.74 Å². The Morgan fingerprint density at radius 1 is 1.05 bits per heavy atom. The highest BCUT2D eigenvalue weighted by Gasteiger charge is 2.35. The molecule has 116 valence electrons. The summed E-state index contributed by atoms with van der Waals surface area (Å²) in [5.74, 6) is 3.83. The third-order valence-electron chi connectivity index (χ3n) is 5.50. The molecule has 0 saturated heterocycles. The Balaban J connectivity index is 1.63. The summed E-state index contributed by atoms with van der Waals surface area (Å²) >= 11 is 3.99. The molecule has 0 N–H and O–H groups in total. The second kappa shape index (κ2) is 7.17. The number of rotatable bonds is 4. The van der Waals surface area contributed by atoms with Crippen molar-refractivity contribution in [3.05, 3.63) is 29.8 Å². The Bertz CT molecular complexity index is 441. The van der Waals surface area contributed by atoms with Crippen LogP contribution in [0, 0.1) is 17.8 Å². The van der Waals surface area contributed by atoms with Crippen LogP contribution in [0.5, 0.6) is 5.75 Å². The van der Waals surface area contributed by atoms with E-state index < -0.39 is 0 Å². The average molecular weight is 351 g/mol. The first-order chi connectivity index (χ1) is 10.3. The third kappa shape index (κ3) is 3.64. The molecule has 1 aromatic carbocycles.